The molecular weight excluding hydrogens is 306 g/mol. The highest BCUT2D eigenvalue weighted by Crippen LogP contribution is 2.23. The Labute approximate surface area is 133 Å². The van der Waals surface area contributed by atoms with Gasteiger partial charge in [-0.1, -0.05) is 25.4 Å². The van der Waals surface area contributed by atoms with E-state index in [-0.39, 0.29) is 24.3 Å². The molecule has 0 fully saturated rings. The smallest absolute Gasteiger partial charge is 0.374 e. The molecule has 0 aliphatic carbocycles. The Hall–Kier alpha value is -2.01. The third-order valence-electron chi connectivity index (χ3n) is 3.36. The molecule has 6 heteroatoms. The monoisotopic (exact) mass is 323 g/mol. The van der Waals surface area contributed by atoms with Gasteiger partial charge in [-0.25, -0.2) is 4.79 Å². The maximum absolute atomic E-state index is 11.9. The first-order valence-electron chi connectivity index (χ1n) is 7.19. The predicted octanol–water partition coefficient (Wildman–Crippen LogP) is 3.55. The molecule has 1 N–H and O–H groups in total. The van der Waals surface area contributed by atoms with Crippen molar-refractivity contribution in [3.05, 3.63) is 35.0 Å². The number of halogens is 1. The average Bonchev–Trinajstić information content (AvgIpc) is 2.93. The van der Waals surface area contributed by atoms with Crippen LogP contribution in [-0.2, 0) is 9.53 Å². The van der Waals surface area contributed by atoms with Gasteiger partial charge in [0.25, 0.3) is 5.91 Å². The maximum Gasteiger partial charge on any atom is 0.374 e. The zero-order valence-corrected chi connectivity index (χ0v) is 13.3. The molecule has 0 bridgehead atoms. The minimum atomic E-state index is -0.674. The summed E-state index contributed by atoms with van der Waals surface area (Å²) in [5, 5.41) is 4.06. The van der Waals surface area contributed by atoms with Gasteiger partial charge in [0.05, 0.1) is 0 Å². The van der Waals surface area contributed by atoms with Gasteiger partial charge in [0, 0.05) is 16.5 Å². The van der Waals surface area contributed by atoms with Gasteiger partial charge in [0.2, 0.25) is 5.76 Å². The number of fused-ring (bicyclic) bond motifs is 1. The zero-order valence-electron chi connectivity index (χ0n) is 12.5. The molecule has 5 nitrogen and oxygen atoms in total. The number of carbonyl (C=O) groups is 2. The topological polar surface area (TPSA) is 68.5 Å². The van der Waals surface area contributed by atoms with Crippen molar-refractivity contribution >= 4 is 34.4 Å². The van der Waals surface area contributed by atoms with E-state index in [0.717, 1.165) is 12.8 Å². The zero-order chi connectivity index (χ0) is 16.1. The Morgan fingerprint density at radius 1 is 1.27 bits per heavy atom. The molecule has 0 aliphatic heterocycles. The molecule has 0 saturated carbocycles. The molecule has 0 spiro atoms. The molecule has 118 valence electrons. The van der Waals surface area contributed by atoms with Crippen LogP contribution in [0.5, 0.6) is 0 Å². The molecule has 1 aromatic heterocycles. The highest BCUT2D eigenvalue weighted by molar-refractivity contribution is 6.31. The van der Waals surface area contributed by atoms with Crippen molar-refractivity contribution in [3.8, 4) is 0 Å². The SMILES string of the molecule is CCC(CC)NC(=O)COC(=O)c1cc2cc(Cl)ccc2o1. The van der Waals surface area contributed by atoms with Crippen molar-refractivity contribution in [2.75, 3.05) is 6.61 Å². The summed E-state index contributed by atoms with van der Waals surface area (Å²) in [6.45, 7) is 3.65. The van der Waals surface area contributed by atoms with Crippen molar-refractivity contribution in [2.24, 2.45) is 0 Å². The van der Waals surface area contributed by atoms with Crippen LogP contribution in [0.1, 0.15) is 37.2 Å². The van der Waals surface area contributed by atoms with Crippen molar-refractivity contribution in [2.45, 2.75) is 32.7 Å². The molecule has 2 rings (SSSR count). The fourth-order valence-corrected chi connectivity index (χ4v) is 2.26. The normalized spacial score (nSPS) is 10.9. The van der Waals surface area contributed by atoms with Gasteiger partial charge in [-0.15, -0.1) is 0 Å². The number of hydrogen-bond acceptors (Lipinski definition) is 4. The van der Waals surface area contributed by atoms with E-state index in [1.165, 1.54) is 0 Å². The molecule has 0 atom stereocenters. The molecule has 0 radical (unpaired) electrons. The highest BCUT2D eigenvalue weighted by Gasteiger charge is 2.16. The minimum Gasteiger partial charge on any atom is -0.450 e. The number of hydrogen-bond donors (Lipinski definition) is 1. The van der Waals surface area contributed by atoms with Crippen molar-refractivity contribution in [1.82, 2.24) is 5.32 Å². The maximum atomic E-state index is 11.9. The second kappa shape index (κ2) is 7.31. The Morgan fingerprint density at radius 3 is 2.68 bits per heavy atom. The Kier molecular flexibility index (Phi) is 5.44. The van der Waals surface area contributed by atoms with E-state index in [1.54, 1.807) is 24.3 Å². The predicted molar refractivity (Wildman–Crippen MR) is 84.0 cm³/mol. The largest absolute Gasteiger partial charge is 0.450 e. The van der Waals surface area contributed by atoms with E-state index in [4.69, 9.17) is 20.8 Å². The first kappa shape index (κ1) is 16.4. The number of esters is 1. The Morgan fingerprint density at radius 2 is 2.00 bits per heavy atom. The Balaban J connectivity index is 1.95. The van der Waals surface area contributed by atoms with Crippen LogP contribution in [0.2, 0.25) is 5.02 Å². The number of ether oxygens (including phenoxy) is 1. The minimum absolute atomic E-state index is 0.0487. The second-order valence-corrected chi connectivity index (χ2v) is 5.39. The van der Waals surface area contributed by atoms with Gasteiger partial charge in [0.1, 0.15) is 5.58 Å². The summed E-state index contributed by atoms with van der Waals surface area (Å²) >= 11 is 5.88. The average molecular weight is 324 g/mol. The lowest BCUT2D eigenvalue weighted by molar-refractivity contribution is -0.125. The number of benzene rings is 1. The Bertz CT molecular complexity index is 676. The summed E-state index contributed by atoms with van der Waals surface area (Å²) in [5.74, 6) is -0.944. The van der Waals surface area contributed by atoms with E-state index in [1.807, 2.05) is 13.8 Å². The summed E-state index contributed by atoms with van der Waals surface area (Å²) in [6, 6.07) is 6.68. The van der Waals surface area contributed by atoms with Crippen molar-refractivity contribution < 1.29 is 18.7 Å². The molecule has 1 amide bonds. The summed E-state index contributed by atoms with van der Waals surface area (Å²) < 4.78 is 10.3. The number of carbonyl (C=O) groups excluding carboxylic acids is 2. The lowest BCUT2D eigenvalue weighted by atomic mass is 10.2. The summed E-state index contributed by atoms with van der Waals surface area (Å²) in [4.78, 5) is 23.6. The second-order valence-electron chi connectivity index (χ2n) is 4.95. The third kappa shape index (κ3) is 4.01. The summed E-state index contributed by atoms with van der Waals surface area (Å²) in [6.07, 6.45) is 1.67. The highest BCUT2D eigenvalue weighted by atomic mass is 35.5. The first-order valence-corrected chi connectivity index (χ1v) is 7.56. The van der Waals surface area contributed by atoms with Crippen LogP contribution >= 0.6 is 11.6 Å². The van der Waals surface area contributed by atoms with Crippen molar-refractivity contribution in [3.63, 3.8) is 0 Å². The molecular formula is C16H18ClNO4. The van der Waals surface area contributed by atoms with Gasteiger partial charge in [-0.3, -0.25) is 4.79 Å². The number of amides is 1. The van der Waals surface area contributed by atoms with Crippen LogP contribution in [0.15, 0.2) is 28.7 Å². The first-order chi connectivity index (χ1) is 10.5. The van der Waals surface area contributed by atoms with Crippen LogP contribution < -0.4 is 5.32 Å². The number of rotatable bonds is 6. The molecule has 22 heavy (non-hydrogen) atoms. The lowest BCUT2D eigenvalue weighted by Crippen LogP contribution is -2.36. The molecule has 2 aromatic rings. The standard InChI is InChI=1S/C16H18ClNO4/c1-3-12(4-2)18-15(19)9-21-16(20)14-8-10-7-11(17)5-6-13(10)22-14/h5-8,12H,3-4,9H2,1-2H3,(H,18,19). The molecule has 1 heterocycles. The van der Waals surface area contributed by atoms with E-state index in [0.29, 0.717) is 16.0 Å². The molecule has 0 unspecified atom stereocenters. The molecule has 0 aliphatic rings. The van der Waals surface area contributed by atoms with Crippen LogP contribution in [0, 0.1) is 0 Å². The summed E-state index contributed by atoms with van der Waals surface area (Å²) in [7, 11) is 0. The summed E-state index contributed by atoms with van der Waals surface area (Å²) in [5.41, 5.74) is 0.540. The van der Waals surface area contributed by atoms with Gasteiger partial charge in [-0.05, 0) is 37.1 Å². The third-order valence-corrected chi connectivity index (χ3v) is 3.60. The van der Waals surface area contributed by atoms with E-state index in [9.17, 15) is 9.59 Å². The van der Waals surface area contributed by atoms with Crippen LogP contribution in [0.3, 0.4) is 0 Å². The lowest BCUT2D eigenvalue weighted by Gasteiger charge is -2.14. The van der Waals surface area contributed by atoms with Crippen molar-refractivity contribution in [1.29, 1.82) is 0 Å². The van der Waals surface area contributed by atoms with E-state index in [2.05, 4.69) is 5.32 Å². The van der Waals surface area contributed by atoms with E-state index >= 15 is 0 Å². The van der Waals surface area contributed by atoms with Gasteiger partial charge in [-0.2, -0.15) is 0 Å². The fourth-order valence-electron chi connectivity index (χ4n) is 2.08. The molecule has 0 saturated heterocycles. The fraction of sp³-hybridized carbons (Fsp3) is 0.375. The number of furan rings is 1. The van der Waals surface area contributed by atoms with Gasteiger partial charge < -0.3 is 14.5 Å². The number of nitrogens with one attached hydrogen (secondary N) is 1. The van der Waals surface area contributed by atoms with Crippen LogP contribution in [0.25, 0.3) is 11.0 Å². The van der Waals surface area contributed by atoms with Crippen LogP contribution in [0.4, 0.5) is 0 Å². The quantitative estimate of drug-likeness (QED) is 0.825. The van der Waals surface area contributed by atoms with Gasteiger partial charge >= 0.3 is 5.97 Å². The van der Waals surface area contributed by atoms with Gasteiger partial charge in [0.15, 0.2) is 6.61 Å². The van der Waals surface area contributed by atoms with E-state index < -0.39 is 5.97 Å². The molecule has 1 aromatic carbocycles. The van der Waals surface area contributed by atoms with Crippen LogP contribution in [-0.4, -0.2) is 24.5 Å².